The van der Waals surface area contributed by atoms with Crippen molar-refractivity contribution in [2.24, 2.45) is 7.05 Å². The van der Waals surface area contributed by atoms with Crippen molar-refractivity contribution in [3.63, 3.8) is 0 Å². The maximum absolute atomic E-state index is 13.1. The first-order valence-electron chi connectivity index (χ1n) is 12.4. The number of carbonyl (C=O) groups is 2. The molecule has 0 saturated heterocycles. The number of benzene rings is 3. The summed E-state index contributed by atoms with van der Waals surface area (Å²) in [4.78, 5) is 24.3. The molecule has 12 heteroatoms. The zero-order chi connectivity index (χ0) is 28.1. The molecule has 1 amide bonds. The second kappa shape index (κ2) is 11.8. The Morgan fingerprint density at radius 3 is 2.65 bits per heavy atom. The molecule has 3 aromatic carbocycles. The number of carboxylic acid groups (broad SMARTS) is 1. The molecule has 0 aliphatic rings. The molecule has 2 aromatic heterocycles. The lowest BCUT2D eigenvalue weighted by atomic mass is 10.1. The summed E-state index contributed by atoms with van der Waals surface area (Å²) in [5.41, 5.74) is 4.11. The van der Waals surface area contributed by atoms with Crippen LogP contribution in [0.1, 0.15) is 21.6 Å². The van der Waals surface area contributed by atoms with Crippen LogP contribution < -0.4 is 10.6 Å². The second-order valence-electron chi connectivity index (χ2n) is 9.05. The van der Waals surface area contributed by atoms with Crippen LogP contribution in [0.25, 0.3) is 22.7 Å². The van der Waals surface area contributed by atoms with E-state index >= 15 is 0 Å². The fraction of sp³-hybridized carbons (Fsp3) is 0.143. The molecule has 3 N–H and O–H groups in total. The largest absolute Gasteiger partial charge is 0.478 e. The van der Waals surface area contributed by atoms with Gasteiger partial charge in [-0.2, -0.15) is 9.78 Å². The minimum absolute atomic E-state index is 0.197. The van der Waals surface area contributed by atoms with E-state index in [4.69, 9.17) is 16.7 Å². The van der Waals surface area contributed by atoms with Crippen LogP contribution in [0, 0.1) is 0 Å². The first-order valence-corrected chi connectivity index (χ1v) is 12.7. The van der Waals surface area contributed by atoms with E-state index < -0.39 is 5.97 Å². The van der Waals surface area contributed by atoms with Crippen LogP contribution in [0.5, 0.6) is 0 Å². The molecule has 0 bridgehead atoms. The Hall–Kier alpha value is -5.03. The molecule has 202 valence electrons. The van der Waals surface area contributed by atoms with Gasteiger partial charge < -0.3 is 15.7 Å². The van der Waals surface area contributed by atoms with Crippen molar-refractivity contribution in [3.05, 3.63) is 101 Å². The summed E-state index contributed by atoms with van der Waals surface area (Å²) < 4.78 is 3.31. The number of halogens is 1. The number of hydrogen-bond acceptors (Lipinski definition) is 7. The standard InChI is InChI=1S/C28H25ClN8O3/c1-36-26-5-3-2-4-23(26)24(33-36)15-22(16-30-21-10-6-18(7-11-21)28(39)40)32-27(38)13-8-19-14-20(29)9-12-25(19)37-17-31-34-35-37/h2-14,17,22,30H,15-16H2,1H3,(H,32,38)(H,39,40)/b13-8+. The van der Waals surface area contributed by atoms with Gasteiger partial charge in [0.1, 0.15) is 6.33 Å². The number of hydrogen-bond donors (Lipinski definition) is 3. The van der Waals surface area contributed by atoms with E-state index in [2.05, 4.69) is 31.3 Å². The first-order chi connectivity index (χ1) is 19.4. The van der Waals surface area contributed by atoms with Gasteiger partial charge in [-0.1, -0.05) is 29.8 Å². The van der Waals surface area contributed by atoms with Gasteiger partial charge in [-0.25, -0.2) is 4.79 Å². The Morgan fingerprint density at radius 1 is 1.10 bits per heavy atom. The van der Waals surface area contributed by atoms with Gasteiger partial charge in [0, 0.05) is 47.7 Å². The molecule has 0 saturated carbocycles. The molecular formula is C28H25ClN8O3. The predicted octanol–water partition coefficient (Wildman–Crippen LogP) is 3.75. The maximum atomic E-state index is 13.1. The molecule has 0 spiro atoms. The SMILES string of the molecule is Cn1nc(CC(CNc2ccc(C(=O)O)cc2)NC(=O)/C=C/c2cc(Cl)ccc2-n2cnnn2)c2ccccc21. The molecule has 40 heavy (non-hydrogen) atoms. The number of carboxylic acids is 1. The number of anilines is 1. The normalized spacial score (nSPS) is 12.1. The van der Waals surface area contributed by atoms with Crippen molar-refractivity contribution in [1.82, 2.24) is 35.3 Å². The number of nitrogens with one attached hydrogen (secondary N) is 2. The molecule has 2 heterocycles. The molecule has 0 radical (unpaired) electrons. The van der Waals surface area contributed by atoms with Gasteiger partial charge in [-0.15, -0.1) is 5.10 Å². The van der Waals surface area contributed by atoms with Crippen LogP contribution in [-0.4, -0.2) is 59.6 Å². The second-order valence-corrected chi connectivity index (χ2v) is 9.49. The number of carbonyl (C=O) groups excluding carboxylic acids is 1. The van der Waals surface area contributed by atoms with Gasteiger partial charge in [0.15, 0.2) is 0 Å². The van der Waals surface area contributed by atoms with Crippen LogP contribution in [-0.2, 0) is 18.3 Å². The summed E-state index contributed by atoms with van der Waals surface area (Å²) in [7, 11) is 1.89. The van der Waals surface area contributed by atoms with Crippen molar-refractivity contribution >= 4 is 46.1 Å². The number of nitrogens with zero attached hydrogens (tertiary/aromatic N) is 6. The number of aromatic nitrogens is 6. The van der Waals surface area contributed by atoms with Gasteiger partial charge >= 0.3 is 5.97 Å². The van der Waals surface area contributed by atoms with Crippen molar-refractivity contribution in [1.29, 1.82) is 0 Å². The molecule has 0 fully saturated rings. The lowest BCUT2D eigenvalue weighted by molar-refractivity contribution is -0.117. The fourth-order valence-electron chi connectivity index (χ4n) is 4.37. The Morgan fingerprint density at radius 2 is 1.90 bits per heavy atom. The highest BCUT2D eigenvalue weighted by atomic mass is 35.5. The Bertz CT molecular complexity index is 1680. The minimum atomic E-state index is -0.992. The average molecular weight is 557 g/mol. The molecule has 0 aliphatic carbocycles. The van der Waals surface area contributed by atoms with Crippen LogP contribution in [0.3, 0.4) is 0 Å². The fourth-order valence-corrected chi connectivity index (χ4v) is 4.55. The highest BCUT2D eigenvalue weighted by Crippen LogP contribution is 2.21. The van der Waals surface area contributed by atoms with Crippen molar-refractivity contribution in [3.8, 4) is 5.69 Å². The number of tetrazole rings is 1. The highest BCUT2D eigenvalue weighted by molar-refractivity contribution is 6.30. The molecule has 5 aromatic rings. The summed E-state index contributed by atoms with van der Waals surface area (Å²) in [6.07, 6.45) is 5.02. The summed E-state index contributed by atoms with van der Waals surface area (Å²) >= 11 is 6.20. The van der Waals surface area contributed by atoms with Gasteiger partial charge in [-0.3, -0.25) is 9.48 Å². The topological polar surface area (TPSA) is 140 Å². The van der Waals surface area contributed by atoms with Crippen LogP contribution in [0.2, 0.25) is 5.02 Å². The monoisotopic (exact) mass is 556 g/mol. The summed E-state index contributed by atoms with van der Waals surface area (Å²) in [6.45, 7) is 0.379. The van der Waals surface area contributed by atoms with Gasteiger partial charge in [-0.05, 0) is 65.0 Å². The van der Waals surface area contributed by atoms with Crippen molar-refractivity contribution in [2.45, 2.75) is 12.5 Å². The first kappa shape index (κ1) is 26.6. The molecule has 0 aliphatic heterocycles. The van der Waals surface area contributed by atoms with E-state index in [0.717, 1.165) is 22.3 Å². The van der Waals surface area contributed by atoms with E-state index in [1.807, 2.05) is 36.0 Å². The predicted molar refractivity (Wildman–Crippen MR) is 151 cm³/mol. The molecular weight excluding hydrogens is 532 g/mol. The highest BCUT2D eigenvalue weighted by Gasteiger charge is 2.17. The quantitative estimate of drug-likeness (QED) is 0.221. The number of para-hydroxylation sites is 1. The van der Waals surface area contributed by atoms with Crippen LogP contribution in [0.15, 0.2) is 79.1 Å². The zero-order valence-electron chi connectivity index (χ0n) is 21.4. The maximum Gasteiger partial charge on any atom is 0.335 e. The Kier molecular flexibility index (Phi) is 7.83. The number of amides is 1. The smallest absolute Gasteiger partial charge is 0.335 e. The molecule has 1 atom stereocenters. The third-order valence-electron chi connectivity index (χ3n) is 6.30. The Labute approximate surface area is 234 Å². The summed E-state index contributed by atoms with van der Waals surface area (Å²) in [6, 6.07) is 19.2. The van der Waals surface area contributed by atoms with Crippen LogP contribution >= 0.6 is 11.6 Å². The van der Waals surface area contributed by atoms with Crippen molar-refractivity contribution < 1.29 is 14.7 Å². The minimum Gasteiger partial charge on any atom is -0.478 e. The molecule has 1 unspecified atom stereocenters. The lowest BCUT2D eigenvalue weighted by Crippen LogP contribution is -2.40. The number of aromatic carboxylic acids is 1. The summed E-state index contributed by atoms with van der Waals surface area (Å²) in [5.74, 6) is -1.30. The average Bonchev–Trinajstić information content (AvgIpc) is 3.59. The lowest BCUT2D eigenvalue weighted by Gasteiger charge is -2.19. The third-order valence-corrected chi connectivity index (χ3v) is 6.54. The van der Waals surface area contributed by atoms with Gasteiger partial charge in [0.2, 0.25) is 5.91 Å². The molecule has 5 rings (SSSR count). The zero-order valence-corrected chi connectivity index (χ0v) is 22.2. The van der Waals surface area contributed by atoms with E-state index in [1.165, 1.54) is 29.2 Å². The molecule has 11 nitrogen and oxygen atoms in total. The van der Waals surface area contributed by atoms with E-state index in [1.54, 1.807) is 36.4 Å². The summed E-state index contributed by atoms with van der Waals surface area (Å²) in [5, 5.41) is 33.0. The Balaban J connectivity index is 1.36. The van der Waals surface area contributed by atoms with E-state index in [0.29, 0.717) is 29.2 Å². The number of rotatable bonds is 10. The van der Waals surface area contributed by atoms with E-state index in [9.17, 15) is 9.59 Å². The number of aryl methyl sites for hydroxylation is 1. The third kappa shape index (κ3) is 6.16. The van der Waals surface area contributed by atoms with E-state index in [-0.39, 0.29) is 17.5 Å². The number of fused-ring (bicyclic) bond motifs is 1. The van der Waals surface area contributed by atoms with Gasteiger partial charge in [0.25, 0.3) is 0 Å². The van der Waals surface area contributed by atoms with Gasteiger partial charge in [0.05, 0.1) is 28.5 Å². The van der Waals surface area contributed by atoms with Crippen LogP contribution in [0.4, 0.5) is 5.69 Å². The van der Waals surface area contributed by atoms with Crippen molar-refractivity contribution in [2.75, 3.05) is 11.9 Å².